The maximum Gasteiger partial charge on any atom is 0.283 e. The molecule has 0 spiro atoms. The molecule has 0 bridgehead atoms. The van der Waals surface area contributed by atoms with Gasteiger partial charge >= 0.3 is 0 Å². The molecule has 1 N–H and O–H groups in total. The summed E-state index contributed by atoms with van der Waals surface area (Å²) in [6.45, 7) is 0. The number of amides is 1. The summed E-state index contributed by atoms with van der Waals surface area (Å²) in [5.41, 5.74) is 1.04. The molecule has 7 heteroatoms. The first-order chi connectivity index (χ1) is 12.6. The van der Waals surface area contributed by atoms with Crippen LogP contribution in [0.2, 0.25) is 5.02 Å². The van der Waals surface area contributed by atoms with E-state index >= 15 is 0 Å². The SMILES string of the molecule is O=C(NC(c1ccccc1)c1ccccn1)c1ccc(Cl)cc1[N+](=O)[O-]. The lowest BCUT2D eigenvalue weighted by molar-refractivity contribution is -0.385. The number of nitro groups is 1. The van der Waals surface area contributed by atoms with E-state index in [1.54, 1.807) is 18.3 Å². The minimum Gasteiger partial charge on any atom is -0.339 e. The maximum atomic E-state index is 12.8. The lowest BCUT2D eigenvalue weighted by Crippen LogP contribution is -2.30. The average Bonchev–Trinajstić information content (AvgIpc) is 2.67. The van der Waals surface area contributed by atoms with Gasteiger partial charge in [0.2, 0.25) is 0 Å². The third-order valence-corrected chi connectivity index (χ3v) is 4.03. The topological polar surface area (TPSA) is 85.1 Å². The summed E-state index contributed by atoms with van der Waals surface area (Å²) >= 11 is 5.82. The minimum absolute atomic E-state index is 0.0590. The second-order valence-corrected chi connectivity index (χ2v) is 5.93. The molecule has 0 saturated heterocycles. The average molecular weight is 368 g/mol. The molecule has 6 nitrogen and oxygen atoms in total. The molecule has 0 aliphatic heterocycles. The third-order valence-electron chi connectivity index (χ3n) is 3.79. The van der Waals surface area contributed by atoms with Crippen molar-refractivity contribution in [3.63, 3.8) is 0 Å². The number of carbonyl (C=O) groups excluding carboxylic acids is 1. The van der Waals surface area contributed by atoms with Crippen molar-refractivity contribution in [3.8, 4) is 0 Å². The van der Waals surface area contributed by atoms with Crippen LogP contribution in [0.4, 0.5) is 5.69 Å². The van der Waals surface area contributed by atoms with Gasteiger partial charge in [-0.1, -0.05) is 48.0 Å². The number of nitrogens with zero attached hydrogens (tertiary/aromatic N) is 2. The molecule has 0 saturated carbocycles. The van der Waals surface area contributed by atoms with E-state index in [9.17, 15) is 14.9 Å². The summed E-state index contributed by atoms with van der Waals surface area (Å²) in [4.78, 5) is 27.7. The molecule has 2 aromatic carbocycles. The first kappa shape index (κ1) is 17.6. The van der Waals surface area contributed by atoms with Crippen LogP contribution in [-0.2, 0) is 0 Å². The maximum absolute atomic E-state index is 12.8. The summed E-state index contributed by atoms with van der Waals surface area (Å²) in [6, 6.07) is 18.1. The van der Waals surface area contributed by atoms with Crippen LogP contribution in [-0.4, -0.2) is 15.8 Å². The van der Waals surface area contributed by atoms with Crippen LogP contribution in [0.1, 0.15) is 27.7 Å². The van der Waals surface area contributed by atoms with Crippen LogP contribution in [0.15, 0.2) is 72.9 Å². The van der Waals surface area contributed by atoms with E-state index in [1.807, 2.05) is 36.4 Å². The summed E-state index contributed by atoms with van der Waals surface area (Å²) in [5.74, 6) is -0.576. The largest absolute Gasteiger partial charge is 0.339 e. The Labute approximate surface area is 154 Å². The Bertz CT molecular complexity index is 894. The van der Waals surface area contributed by atoms with Crippen molar-refractivity contribution in [2.24, 2.45) is 0 Å². The second kappa shape index (κ2) is 7.76. The molecule has 1 amide bonds. The Kier molecular flexibility index (Phi) is 5.24. The molecule has 26 heavy (non-hydrogen) atoms. The van der Waals surface area contributed by atoms with Crippen molar-refractivity contribution in [1.82, 2.24) is 10.3 Å². The number of aromatic nitrogens is 1. The van der Waals surface area contributed by atoms with Crippen molar-refractivity contribution in [3.05, 3.63) is 105 Å². The van der Waals surface area contributed by atoms with Gasteiger partial charge < -0.3 is 5.32 Å². The zero-order valence-corrected chi connectivity index (χ0v) is 14.3. The summed E-state index contributed by atoms with van der Waals surface area (Å²) in [7, 11) is 0. The lowest BCUT2D eigenvalue weighted by Gasteiger charge is -2.19. The van der Waals surface area contributed by atoms with E-state index in [-0.39, 0.29) is 16.3 Å². The number of hydrogen-bond acceptors (Lipinski definition) is 4. The molecule has 130 valence electrons. The Morgan fingerprint density at radius 2 is 1.81 bits per heavy atom. The van der Waals surface area contributed by atoms with Gasteiger partial charge in [-0.2, -0.15) is 0 Å². The Morgan fingerprint density at radius 1 is 1.08 bits per heavy atom. The third kappa shape index (κ3) is 3.87. The molecule has 0 fully saturated rings. The standard InChI is InChI=1S/C19H14ClN3O3/c20-14-9-10-15(17(12-14)23(25)26)19(24)22-18(13-6-2-1-3-7-13)16-8-4-5-11-21-16/h1-12,18H,(H,22,24). The van der Waals surface area contributed by atoms with E-state index in [2.05, 4.69) is 10.3 Å². The highest BCUT2D eigenvalue weighted by molar-refractivity contribution is 6.31. The number of benzene rings is 2. The number of nitrogens with one attached hydrogen (secondary N) is 1. The van der Waals surface area contributed by atoms with E-state index in [0.29, 0.717) is 5.69 Å². The van der Waals surface area contributed by atoms with Gasteiger partial charge in [0.1, 0.15) is 5.56 Å². The van der Waals surface area contributed by atoms with Crippen LogP contribution in [0.5, 0.6) is 0 Å². The van der Waals surface area contributed by atoms with E-state index in [0.717, 1.165) is 11.6 Å². The number of pyridine rings is 1. The highest BCUT2D eigenvalue weighted by atomic mass is 35.5. The summed E-state index contributed by atoms with van der Waals surface area (Å²) in [5, 5.41) is 14.3. The van der Waals surface area contributed by atoms with Crippen LogP contribution < -0.4 is 5.32 Å². The number of halogens is 1. The molecule has 1 heterocycles. The molecule has 0 aliphatic rings. The van der Waals surface area contributed by atoms with Crippen molar-refractivity contribution in [1.29, 1.82) is 0 Å². The van der Waals surface area contributed by atoms with Gasteiger partial charge in [-0.15, -0.1) is 0 Å². The number of hydrogen-bond donors (Lipinski definition) is 1. The normalized spacial score (nSPS) is 11.6. The van der Waals surface area contributed by atoms with Gasteiger partial charge in [-0.05, 0) is 29.8 Å². The minimum atomic E-state index is -0.626. The first-order valence-electron chi connectivity index (χ1n) is 7.77. The van der Waals surface area contributed by atoms with Gasteiger partial charge in [0.15, 0.2) is 0 Å². The molecule has 3 aromatic rings. The van der Waals surface area contributed by atoms with Crippen LogP contribution in [0.3, 0.4) is 0 Å². The predicted molar refractivity (Wildman–Crippen MR) is 98.1 cm³/mol. The van der Waals surface area contributed by atoms with Crippen LogP contribution in [0.25, 0.3) is 0 Å². The van der Waals surface area contributed by atoms with Crippen LogP contribution >= 0.6 is 11.6 Å². The Morgan fingerprint density at radius 3 is 2.46 bits per heavy atom. The zero-order chi connectivity index (χ0) is 18.5. The number of rotatable bonds is 5. The van der Waals surface area contributed by atoms with E-state index in [1.165, 1.54) is 12.1 Å². The predicted octanol–water partition coefficient (Wildman–Crippen LogP) is 4.16. The van der Waals surface area contributed by atoms with Crippen molar-refractivity contribution in [2.45, 2.75) is 6.04 Å². The smallest absolute Gasteiger partial charge is 0.283 e. The van der Waals surface area contributed by atoms with E-state index in [4.69, 9.17) is 11.6 Å². The highest BCUT2D eigenvalue weighted by Gasteiger charge is 2.24. The lowest BCUT2D eigenvalue weighted by atomic mass is 10.0. The molecule has 1 aromatic heterocycles. The fourth-order valence-corrected chi connectivity index (χ4v) is 2.74. The molecule has 0 radical (unpaired) electrons. The van der Waals surface area contributed by atoms with Gasteiger partial charge in [-0.25, -0.2) is 0 Å². The molecule has 1 atom stereocenters. The molecule has 0 aliphatic carbocycles. The summed E-state index contributed by atoms with van der Waals surface area (Å²) in [6.07, 6.45) is 1.63. The molecule has 1 unspecified atom stereocenters. The number of nitro benzene ring substituents is 1. The quantitative estimate of drug-likeness (QED) is 0.542. The van der Waals surface area contributed by atoms with Crippen molar-refractivity contribution >= 4 is 23.2 Å². The van der Waals surface area contributed by atoms with Gasteiger partial charge in [0, 0.05) is 17.3 Å². The molecular weight excluding hydrogens is 354 g/mol. The van der Waals surface area contributed by atoms with Gasteiger partial charge in [0.25, 0.3) is 11.6 Å². The Hall–Kier alpha value is -3.25. The monoisotopic (exact) mass is 367 g/mol. The fourth-order valence-electron chi connectivity index (χ4n) is 2.58. The molecule has 3 rings (SSSR count). The summed E-state index contributed by atoms with van der Waals surface area (Å²) < 4.78 is 0. The van der Waals surface area contributed by atoms with Gasteiger partial charge in [0.05, 0.1) is 16.7 Å². The van der Waals surface area contributed by atoms with Crippen molar-refractivity contribution in [2.75, 3.05) is 0 Å². The Balaban J connectivity index is 1.98. The van der Waals surface area contributed by atoms with Crippen LogP contribution in [0, 0.1) is 10.1 Å². The van der Waals surface area contributed by atoms with Crippen molar-refractivity contribution < 1.29 is 9.72 Å². The highest BCUT2D eigenvalue weighted by Crippen LogP contribution is 2.25. The second-order valence-electron chi connectivity index (χ2n) is 5.49. The van der Waals surface area contributed by atoms with Gasteiger partial charge in [-0.3, -0.25) is 19.9 Å². The first-order valence-corrected chi connectivity index (χ1v) is 8.15. The van der Waals surface area contributed by atoms with E-state index < -0.39 is 16.9 Å². The molecular formula is C19H14ClN3O3. The number of carbonyl (C=O) groups is 1. The zero-order valence-electron chi connectivity index (χ0n) is 13.5. The fraction of sp³-hybridized carbons (Fsp3) is 0.0526.